The monoisotopic (exact) mass is 406 g/mol. The van der Waals surface area contributed by atoms with Crippen molar-refractivity contribution in [2.24, 2.45) is 7.05 Å². The van der Waals surface area contributed by atoms with Crippen LogP contribution >= 0.6 is 0 Å². The van der Waals surface area contributed by atoms with Gasteiger partial charge in [0.2, 0.25) is 5.88 Å². The maximum Gasteiger partial charge on any atom is 0.260 e. The molecule has 0 saturated carbocycles. The Morgan fingerprint density at radius 1 is 1.23 bits per heavy atom. The number of aliphatic hydroxyl groups excluding tert-OH is 1. The van der Waals surface area contributed by atoms with Gasteiger partial charge in [-0.2, -0.15) is 5.10 Å². The number of pyridine rings is 1. The van der Waals surface area contributed by atoms with Crippen LogP contribution in [0, 0.1) is 6.92 Å². The topological polar surface area (TPSA) is 80.5 Å². The molecule has 1 aliphatic rings. The Bertz CT molecular complexity index is 1060. The van der Waals surface area contributed by atoms with Crippen LogP contribution in [0.15, 0.2) is 42.7 Å². The lowest BCUT2D eigenvalue weighted by Crippen LogP contribution is -2.24. The lowest BCUT2D eigenvalue weighted by molar-refractivity contribution is 0.0752. The summed E-state index contributed by atoms with van der Waals surface area (Å²) in [6.07, 6.45) is 3.67. The molecule has 4 rings (SSSR count). The molecule has 0 fully saturated rings. The molecule has 0 radical (unpaired) electrons. The normalized spacial score (nSPS) is 14.1. The van der Waals surface area contributed by atoms with Gasteiger partial charge in [-0.25, -0.2) is 4.98 Å². The number of rotatable bonds is 7. The quantitative estimate of drug-likeness (QED) is 0.652. The number of carbonyl (C=O) groups excluding carboxylic acids is 1. The summed E-state index contributed by atoms with van der Waals surface area (Å²) in [5, 5.41) is 14.1. The van der Waals surface area contributed by atoms with Crippen molar-refractivity contribution in [1.29, 1.82) is 0 Å². The van der Waals surface area contributed by atoms with Crippen LogP contribution in [0.4, 0.5) is 0 Å². The number of aliphatic hydroxyl groups is 1. The molecule has 1 N–H and O–H groups in total. The van der Waals surface area contributed by atoms with Crippen LogP contribution in [0.5, 0.6) is 5.88 Å². The average Bonchev–Trinajstić information content (AvgIpc) is 3.25. The van der Waals surface area contributed by atoms with E-state index < -0.39 is 6.10 Å². The molecule has 3 heterocycles. The molecule has 7 heteroatoms. The SMILES string of the molecule is CC[C@H](O)COc1nccc2c1C(=O)N(Cc1ccc(-c3cn(C)nc3C)cc1)C2. The first-order chi connectivity index (χ1) is 14.5. The van der Waals surface area contributed by atoms with Gasteiger partial charge in [-0.3, -0.25) is 9.48 Å². The smallest absolute Gasteiger partial charge is 0.260 e. The van der Waals surface area contributed by atoms with E-state index in [1.165, 1.54) is 0 Å². The molecule has 0 spiro atoms. The predicted molar refractivity (Wildman–Crippen MR) is 113 cm³/mol. The van der Waals surface area contributed by atoms with Crippen molar-refractivity contribution < 1.29 is 14.6 Å². The van der Waals surface area contributed by atoms with Crippen LogP contribution in [0.25, 0.3) is 11.1 Å². The number of nitrogens with zero attached hydrogens (tertiary/aromatic N) is 4. The summed E-state index contributed by atoms with van der Waals surface area (Å²) >= 11 is 0. The molecule has 1 aliphatic heterocycles. The summed E-state index contributed by atoms with van der Waals surface area (Å²) in [6.45, 7) is 5.04. The number of amides is 1. The molecule has 1 amide bonds. The molecule has 3 aromatic rings. The van der Waals surface area contributed by atoms with E-state index in [2.05, 4.69) is 22.2 Å². The maximum atomic E-state index is 13.0. The minimum Gasteiger partial charge on any atom is -0.474 e. The second-order valence-corrected chi connectivity index (χ2v) is 7.68. The number of hydrogen-bond acceptors (Lipinski definition) is 5. The highest BCUT2D eigenvalue weighted by Crippen LogP contribution is 2.31. The lowest BCUT2D eigenvalue weighted by atomic mass is 10.0. The maximum absolute atomic E-state index is 13.0. The lowest BCUT2D eigenvalue weighted by Gasteiger charge is -2.16. The first kappa shape index (κ1) is 20.1. The van der Waals surface area contributed by atoms with Crippen molar-refractivity contribution >= 4 is 5.91 Å². The zero-order valence-corrected chi connectivity index (χ0v) is 17.5. The van der Waals surface area contributed by atoms with Gasteiger partial charge in [-0.1, -0.05) is 31.2 Å². The van der Waals surface area contributed by atoms with Crippen molar-refractivity contribution in [3.8, 4) is 17.0 Å². The van der Waals surface area contributed by atoms with Crippen LogP contribution in [-0.4, -0.2) is 43.4 Å². The van der Waals surface area contributed by atoms with E-state index in [0.29, 0.717) is 31.0 Å². The molecule has 156 valence electrons. The van der Waals surface area contributed by atoms with E-state index in [4.69, 9.17) is 4.74 Å². The van der Waals surface area contributed by atoms with Crippen molar-refractivity contribution in [2.45, 2.75) is 39.5 Å². The molecule has 1 atom stereocenters. The molecule has 7 nitrogen and oxygen atoms in total. The highest BCUT2D eigenvalue weighted by atomic mass is 16.5. The minimum atomic E-state index is -0.572. The number of aromatic nitrogens is 3. The van der Waals surface area contributed by atoms with Crippen LogP contribution < -0.4 is 4.74 Å². The van der Waals surface area contributed by atoms with Gasteiger partial charge in [0.15, 0.2) is 0 Å². The van der Waals surface area contributed by atoms with Crippen molar-refractivity contribution in [3.63, 3.8) is 0 Å². The molecular weight excluding hydrogens is 380 g/mol. The van der Waals surface area contributed by atoms with Gasteiger partial charge in [0.25, 0.3) is 5.91 Å². The Kier molecular flexibility index (Phi) is 5.55. The minimum absolute atomic E-state index is 0.0914. The number of fused-ring (bicyclic) bond motifs is 1. The van der Waals surface area contributed by atoms with Crippen LogP contribution in [0.2, 0.25) is 0 Å². The Balaban J connectivity index is 1.48. The van der Waals surface area contributed by atoms with Crippen molar-refractivity contribution in [1.82, 2.24) is 19.7 Å². The predicted octanol–water partition coefficient (Wildman–Crippen LogP) is 3.10. The summed E-state index contributed by atoms with van der Waals surface area (Å²) in [5.74, 6) is 0.209. The molecular formula is C23H26N4O3. The van der Waals surface area contributed by atoms with Crippen LogP contribution in [0.1, 0.15) is 40.5 Å². The number of ether oxygens (including phenoxy) is 1. The van der Waals surface area contributed by atoms with Crippen molar-refractivity contribution in [2.75, 3.05) is 6.61 Å². The highest BCUT2D eigenvalue weighted by molar-refractivity contribution is 6.00. The van der Waals surface area contributed by atoms with E-state index >= 15 is 0 Å². The molecule has 1 aromatic carbocycles. The Labute approximate surface area is 175 Å². The largest absolute Gasteiger partial charge is 0.474 e. The first-order valence-electron chi connectivity index (χ1n) is 10.1. The Hall–Kier alpha value is -3.19. The van der Waals surface area contributed by atoms with Gasteiger partial charge in [0, 0.05) is 38.1 Å². The fourth-order valence-electron chi connectivity index (χ4n) is 3.70. The summed E-state index contributed by atoms with van der Waals surface area (Å²) < 4.78 is 7.44. The first-order valence-corrected chi connectivity index (χ1v) is 10.1. The zero-order chi connectivity index (χ0) is 21.3. The van der Waals surface area contributed by atoms with E-state index in [-0.39, 0.29) is 12.5 Å². The molecule has 0 aliphatic carbocycles. The third-order valence-corrected chi connectivity index (χ3v) is 5.40. The molecule has 2 aromatic heterocycles. The zero-order valence-electron chi connectivity index (χ0n) is 17.5. The van der Waals surface area contributed by atoms with Crippen LogP contribution in [-0.2, 0) is 20.1 Å². The number of aryl methyl sites for hydroxylation is 2. The fraction of sp³-hybridized carbons (Fsp3) is 0.348. The second kappa shape index (κ2) is 8.28. The Morgan fingerprint density at radius 2 is 2.00 bits per heavy atom. The molecule has 30 heavy (non-hydrogen) atoms. The van der Waals surface area contributed by atoms with Gasteiger partial charge in [-0.05, 0) is 36.1 Å². The van der Waals surface area contributed by atoms with E-state index in [9.17, 15) is 9.90 Å². The van der Waals surface area contributed by atoms with Gasteiger partial charge >= 0.3 is 0 Å². The third kappa shape index (κ3) is 3.93. The van der Waals surface area contributed by atoms with Gasteiger partial charge < -0.3 is 14.7 Å². The molecule has 0 saturated heterocycles. The summed E-state index contributed by atoms with van der Waals surface area (Å²) in [7, 11) is 1.91. The standard InChI is InChI=1S/C23H26N4O3/c1-4-19(28)14-30-22-21-18(9-10-24-22)12-27(23(21)29)11-16-5-7-17(8-6-16)20-13-26(3)25-15(20)2/h5-10,13,19,28H,4,11-12,14H2,1-3H3/t19-/m0/s1. The van der Waals surface area contributed by atoms with Gasteiger partial charge in [-0.15, -0.1) is 0 Å². The van der Waals surface area contributed by atoms with Crippen LogP contribution in [0.3, 0.4) is 0 Å². The number of benzene rings is 1. The third-order valence-electron chi connectivity index (χ3n) is 5.40. The van der Waals surface area contributed by atoms with E-state index in [1.807, 2.05) is 50.0 Å². The summed E-state index contributed by atoms with van der Waals surface area (Å²) in [5.41, 5.74) is 5.66. The second-order valence-electron chi connectivity index (χ2n) is 7.68. The van der Waals surface area contributed by atoms with E-state index in [1.54, 1.807) is 11.1 Å². The molecule has 0 unspecified atom stereocenters. The summed E-state index contributed by atoms with van der Waals surface area (Å²) in [4.78, 5) is 19.0. The van der Waals surface area contributed by atoms with Gasteiger partial charge in [0.05, 0.1) is 11.8 Å². The fourth-order valence-corrected chi connectivity index (χ4v) is 3.70. The average molecular weight is 406 g/mol. The van der Waals surface area contributed by atoms with Gasteiger partial charge in [0.1, 0.15) is 12.2 Å². The van der Waals surface area contributed by atoms with Crippen molar-refractivity contribution in [3.05, 3.63) is 65.1 Å². The highest BCUT2D eigenvalue weighted by Gasteiger charge is 2.31. The summed E-state index contributed by atoms with van der Waals surface area (Å²) in [6, 6.07) is 10.1. The van der Waals surface area contributed by atoms with E-state index in [0.717, 1.165) is 27.9 Å². The molecule has 0 bridgehead atoms. The number of hydrogen-bond donors (Lipinski definition) is 1. The Morgan fingerprint density at radius 3 is 2.67 bits per heavy atom. The number of carbonyl (C=O) groups is 1.